The van der Waals surface area contributed by atoms with Crippen LogP contribution in [0.25, 0.3) is 0 Å². The molecule has 1 saturated heterocycles. The largest absolute Gasteiger partial charge is 0.494 e. The van der Waals surface area contributed by atoms with E-state index in [-0.39, 0.29) is 0 Å². The van der Waals surface area contributed by atoms with E-state index in [0.717, 1.165) is 45.0 Å². The first-order valence-electron chi connectivity index (χ1n) is 7.48. The summed E-state index contributed by atoms with van der Waals surface area (Å²) in [7, 11) is 0. The van der Waals surface area contributed by atoms with Crippen molar-refractivity contribution in [3.8, 4) is 5.75 Å². The van der Waals surface area contributed by atoms with Crippen molar-refractivity contribution in [1.29, 1.82) is 0 Å². The van der Waals surface area contributed by atoms with E-state index in [0.29, 0.717) is 5.92 Å². The van der Waals surface area contributed by atoms with Gasteiger partial charge in [-0.15, -0.1) is 0 Å². The summed E-state index contributed by atoms with van der Waals surface area (Å²) in [5.74, 6) is 1.67. The zero-order chi connectivity index (χ0) is 13.5. The summed E-state index contributed by atoms with van der Waals surface area (Å²) >= 11 is 0. The molecule has 3 heteroatoms. The highest BCUT2D eigenvalue weighted by Crippen LogP contribution is 2.21. The van der Waals surface area contributed by atoms with Crippen LogP contribution >= 0.6 is 0 Å². The third-order valence-corrected chi connectivity index (χ3v) is 3.48. The van der Waals surface area contributed by atoms with Crippen LogP contribution in [0.4, 0.5) is 5.69 Å². The lowest BCUT2D eigenvalue weighted by molar-refractivity contribution is 0.317. The van der Waals surface area contributed by atoms with E-state index in [1.54, 1.807) is 0 Å². The third kappa shape index (κ3) is 4.43. The minimum atomic E-state index is 0.691. The molecule has 1 N–H and O–H groups in total. The molecule has 0 amide bonds. The SMILES string of the molecule is CCCOc1ccc(N2CCCNCC(C)C2)cc1. The molecule has 1 fully saturated rings. The van der Waals surface area contributed by atoms with Crippen LogP contribution in [0.3, 0.4) is 0 Å². The van der Waals surface area contributed by atoms with Gasteiger partial charge in [-0.2, -0.15) is 0 Å². The van der Waals surface area contributed by atoms with Crippen molar-refractivity contribution in [1.82, 2.24) is 5.32 Å². The van der Waals surface area contributed by atoms with E-state index in [4.69, 9.17) is 4.74 Å². The van der Waals surface area contributed by atoms with E-state index in [1.807, 2.05) is 0 Å². The highest BCUT2D eigenvalue weighted by Gasteiger charge is 2.13. The summed E-state index contributed by atoms with van der Waals surface area (Å²) in [6.45, 7) is 9.74. The van der Waals surface area contributed by atoms with Gasteiger partial charge in [-0.3, -0.25) is 0 Å². The maximum atomic E-state index is 5.63. The number of nitrogens with one attached hydrogen (secondary N) is 1. The van der Waals surface area contributed by atoms with Gasteiger partial charge >= 0.3 is 0 Å². The van der Waals surface area contributed by atoms with E-state index >= 15 is 0 Å². The highest BCUT2D eigenvalue weighted by molar-refractivity contribution is 5.49. The Hall–Kier alpha value is -1.22. The first-order chi connectivity index (χ1) is 9.29. The molecule has 0 spiro atoms. The first-order valence-corrected chi connectivity index (χ1v) is 7.48. The lowest BCUT2D eigenvalue weighted by Crippen LogP contribution is -2.38. The van der Waals surface area contributed by atoms with Gasteiger partial charge < -0.3 is 15.0 Å². The van der Waals surface area contributed by atoms with Gasteiger partial charge in [-0.1, -0.05) is 13.8 Å². The Kier molecular flexibility index (Phi) is 5.52. The Morgan fingerprint density at radius 3 is 2.84 bits per heavy atom. The van der Waals surface area contributed by atoms with Crippen LogP contribution in [0.5, 0.6) is 5.75 Å². The topological polar surface area (TPSA) is 24.5 Å². The van der Waals surface area contributed by atoms with Crippen molar-refractivity contribution in [2.24, 2.45) is 5.92 Å². The average Bonchev–Trinajstić information content (AvgIpc) is 2.41. The summed E-state index contributed by atoms with van der Waals surface area (Å²) in [6.07, 6.45) is 2.26. The molecule has 106 valence electrons. The second-order valence-corrected chi connectivity index (χ2v) is 5.45. The minimum absolute atomic E-state index is 0.691. The number of anilines is 1. The molecule has 1 heterocycles. The number of rotatable bonds is 4. The minimum Gasteiger partial charge on any atom is -0.494 e. The molecule has 3 nitrogen and oxygen atoms in total. The summed E-state index contributed by atoms with van der Waals surface area (Å²) in [5, 5.41) is 3.49. The lowest BCUT2D eigenvalue weighted by Gasteiger charge is -2.30. The Morgan fingerprint density at radius 2 is 2.11 bits per heavy atom. The van der Waals surface area contributed by atoms with Gasteiger partial charge in [0.2, 0.25) is 0 Å². The zero-order valence-corrected chi connectivity index (χ0v) is 12.2. The molecule has 0 aliphatic carbocycles. The third-order valence-electron chi connectivity index (χ3n) is 3.48. The normalized spacial score (nSPS) is 20.7. The second kappa shape index (κ2) is 7.39. The fraction of sp³-hybridized carbons (Fsp3) is 0.625. The van der Waals surface area contributed by atoms with Crippen molar-refractivity contribution >= 4 is 5.69 Å². The molecule has 1 unspecified atom stereocenters. The smallest absolute Gasteiger partial charge is 0.119 e. The predicted octanol–water partition coefficient (Wildman–Crippen LogP) is 2.91. The van der Waals surface area contributed by atoms with Gasteiger partial charge in [0, 0.05) is 18.8 Å². The number of hydrogen-bond acceptors (Lipinski definition) is 3. The molecule has 19 heavy (non-hydrogen) atoms. The molecule has 1 aliphatic rings. The van der Waals surface area contributed by atoms with Gasteiger partial charge in [0.25, 0.3) is 0 Å². The predicted molar refractivity (Wildman–Crippen MR) is 81.1 cm³/mol. The number of nitrogens with zero attached hydrogens (tertiary/aromatic N) is 1. The van der Waals surface area contributed by atoms with E-state index in [1.165, 1.54) is 12.1 Å². The molecule has 2 rings (SSSR count). The average molecular weight is 262 g/mol. The van der Waals surface area contributed by atoms with Crippen LogP contribution in [0.15, 0.2) is 24.3 Å². The Labute approximate surface area is 116 Å². The molecule has 1 aliphatic heterocycles. The quantitative estimate of drug-likeness (QED) is 0.903. The van der Waals surface area contributed by atoms with E-state index < -0.39 is 0 Å². The summed E-state index contributed by atoms with van der Waals surface area (Å²) in [4.78, 5) is 2.50. The summed E-state index contributed by atoms with van der Waals surface area (Å²) in [6, 6.07) is 8.55. The molecule has 0 bridgehead atoms. The van der Waals surface area contributed by atoms with Crippen LogP contribution in [0.2, 0.25) is 0 Å². The van der Waals surface area contributed by atoms with Crippen LogP contribution in [0.1, 0.15) is 26.7 Å². The van der Waals surface area contributed by atoms with Gasteiger partial charge in [0.1, 0.15) is 5.75 Å². The molecule has 0 saturated carbocycles. The molecule has 0 radical (unpaired) electrons. The fourth-order valence-corrected chi connectivity index (χ4v) is 2.48. The van der Waals surface area contributed by atoms with Gasteiger partial charge in [-0.05, 0) is 56.1 Å². The molecule has 1 atom stereocenters. The van der Waals surface area contributed by atoms with Crippen molar-refractivity contribution in [3.63, 3.8) is 0 Å². The Balaban J connectivity index is 1.98. The Morgan fingerprint density at radius 1 is 1.32 bits per heavy atom. The molecule has 1 aromatic rings. The van der Waals surface area contributed by atoms with E-state index in [9.17, 15) is 0 Å². The fourth-order valence-electron chi connectivity index (χ4n) is 2.48. The Bertz CT molecular complexity index is 364. The molecule has 0 aromatic heterocycles. The maximum absolute atomic E-state index is 5.63. The molecule has 1 aromatic carbocycles. The summed E-state index contributed by atoms with van der Waals surface area (Å²) in [5.41, 5.74) is 1.32. The summed E-state index contributed by atoms with van der Waals surface area (Å²) < 4.78 is 5.63. The van der Waals surface area contributed by atoms with Crippen molar-refractivity contribution in [3.05, 3.63) is 24.3 Å². The second-order valence-electron chi connectivity index (χ2n) is 5.45. The molecular weight excluding hydrogens is 236 g/mol. The van der Waals surface area contributed by atoms with Crippen molar-refractivity contribution < 1.29 is 4.74 Å². The van der Waals surface area contributed by atoms with Crippen molar-refractivity contribution in [2.45, 2.75) is 26.7 Å². The molecular formula is C16H26N2O. The van der Waals surface area contributed by atoms with Gasteiger partial charge in [-0.25, -0.2) is 0 Å². The monoisotopic (exact) mass is 262 g/mol. The highest BCUT2D eigenvalue weighted by atomic mass is 16.5. The van der Waals surface area contributed by atoms with E-state index in [2.05, 4.69) is 48.3 Å². The zero-order valence-electron chi connectivity index (χ0n) is 12.2. The number of benzene rings is 1. The van der Waals surface area contributed by atoms with Crippen LogP contribution < -0.4 is 15.0 Å². The van der Waals surface area contributed by atoms with Crippen LogP contribution in [0, 0.1) is 5.92 Å². The van der Waals surface area contributed by atoms with Crippen LogP contribution in [-0.2, 0) is 0 Å². The van der Waals surface area contributed by atoms with Gasteiger partial charge in [0.05, 0.1) is 6.61 Å². The lowest BCUT2D eigenvalue weighted by atomic mass is 10.1. The van der Waals surface area contributed by atoms with Crippen molar-refractivity contribution in [2.75, 3.05) is 37.7 Å². The number of ether oxygens (including phenoxy) is 1. The first kappa shape index (κ1) is 14.2. The standard InChI is InChI=1S/C16H26N2O/c1-3-11-19-16-7-5-15(6-8-16)18-10-4-9-17-12-14(2)13-18/h5-8,14,17H,3-4,9-13H2,1-2H3. The maximum Gasteiger partial charge on any atom is 0.119 e. The number of hydrogen-bond donors (Lipinski definition) is 1. The van der Waals surface area contributed by atoms with Crippen LogP contribution in [-0.4, -0.2) is 32.8 Å². The van der Waals surface area contributed by atoms with Gasteiger partial charge in [0.15, 0.2) is 0 Å².